The van der Waals surface area contributed by atoms with Gasteiger partial charge < -0.3 is 10.0 Å². The molecule has 224 valence electrons. The summed E-state index contributed by atoms with van der Waals surface area (Å²) in [5.41, 5.74) is -4.22. The summed E-state index contributed by atoms with van der Waals surface area (Å²) in [6.07, 6.45) is -6.50. The number of hydrogen-bond acceptors (Lipinski definition) is 5. The molecule has 1 atom stereocenters. The molecule has 14 heteroatoms. The lowest BCUT2D eigenvalue weighted by Gasteiger charge is -2.43. The number of anilines is 1. The van der Waals surface area contributed by atoms with Crippen molar-refractivity contribution in [2.24, 2.45) is 0 Å². The summed E-state index contributed by atoms with van der Waals surface area (Å²) in [4.78, 5) is 2.08. The Morgan fingerprint density at radius 2 is 1.54 bits per heavy atom. The molecule has 0 saturated carbocycles. The molecule has 2 aromatic carbocycles. The summed E-state index contributed by atoms with van der Waals surface area (Å²) in [7, 11) is -3.94. The zero-order chi connectivity index (χ0) is 29.5. The van der Waals surface area contributed by atoms with Crippen LogP contribution in [-0.4, -0.2) is 60.7 Å². The van der Waals surface area contributed by atoms with Crippen LogP contribution in [0.15, 0.2) is 71.7 Å². The highest BCUT2D eigenvalue weighted by molar-refractivity contribution is 7.96. The number of piperazine rings is 1. The predicted molar refractivity (Wildman–Crippen MR) is 151 cm³/mol. The van der Waals surface area contributed by atoms with E-state index in [4.69, 9.17) is 12.2 Å². The average Bonchev–Trinajstić information content (AvgIpc) is 2.88. The van der Waals surface area contributed by atoms with E-state index in [1.807, 2.05) is 31.2 Å². The Morgan fingerprint density at radius 3 is 2.07 bits per heavy atom. The van der Waals surface area contributed by atoms with Crippen molar-refractivity contribution in [3.05, 3.63) is 88.4 Å². The summed E-state index contributed by atoms with van der Waals surface area (Å²) in [5, 5.41) is 9.74. The maximum absolute atomic E-state index is 13.5. The van der Waals surface area contributed by atoms with E-state index in [1.165, 1.54) is 10.4 Å². The Morgan fingerprint density at radius 1 is 0.951 bits per heavy atom. The molecule has 1 saturated heterocycles. The van der Waals surface area contributed by atoms with Gasteiger partial charge in [0.2, 0.25) is 10.0 Å². The van der Waals surface area contributed by atoms with Crippen LogP contribution in [0.4, 0.5) is 32.0 Å². The summed E-state index contributed by atoms with van der Waals surface area (Å²) >= 11 is 5.27. The quantitative estimate of drug-likeness (QED) is 0.310. The van der Waals surface area contributed by atoms with Crippen molar-refractivity contribution in [2.75, 3.05) is 24.5 Å². The van der Waals surface area contributed by atoms with E-state index in [2.05, 4.69) is 0 Å². The van der Waals surface area contributed by atoms with Gasteiger partial charge in [-0.05, 0) is 37.1 Å². The first-order valence-electron chi connectivity index (χ1n) is 12.2. The number of thiocarbonyl (C=S) groups is 1. The molecule has 0 bridgehead atoms. The Labute approximate surface area is 245 Å². The van der Waals surface area contributed by atoms with Crippen LogP contribution in [-0.2, 0) is 22.0 Å². The zero-order valence-corrected chi connectivity index (χ0v) is 24.1. The van der Waals surface area contributed by atoms with Crippen molar-refractivity contribution in [1.29, 1.82) is 0 Å². The molecule has 0 spiro atoms. The molecule has 0 radical (unpaired) electrons. The van der Waals surface area contributed by atoms with Gasteiger partial charge in [-0.25, -0.2) is 8.42 Å². The van der Waals surface area contributed by atoms with Gasteiger partial charge in [0.1, 0.15) is 0 Å². The SMILES string of the molecule is Cc1ccc(C[C@@H]2CN(S(=O)(=O)C3=CC=CCC3=S)CCN2c2ccc(C(O)(C(F)(F)F)C(F)(F)F)cc2)cc1.Cl. The molecule has 2 aliphatic rings. The second-order valence-electron chi connectivity index (χ2n) is 9.74. The third kappa shape index (κ3) is 6.48. The normalized spacial score (nSPS) is 19.1. The molecule has 41 heavy (non-hydrogen) atoms. The van der Waals surface area contributed by atoms with Crippen molar-refractivity contribution in [3.63, 3.8) is 0 Å². The molecular weight excluding hydrogens is 614 g/mol. The molecule has 1 fully saturated rings. The fraction of sp³-hybridized carbons (Fsp3) is 0.370. The van der Waals surface area contributed by atoms with Crippen LogP contribution in [0.3, 0.4) is 0 Å². The number of nitrogens with zero attached hydrogens (tertiary/aromatic N) is 2. The number of allylic oxidation sites excluding steroid dienone is 4. The van der Waals surface area contributed by atoms with Crippen LogP contribution >= 0.6 is 24.6 Å². The monoisotopic (exact) mass is 640 g/mol. The number of hydrogen-bond donors (Lipinski definition) is 1. The summed E-state index contributed by atoms with van der Waals surface area (Å²) < 4.78 is 108. The lowest BCUT2D eigenvalue weighted by atomic mass is 9.92. The van der Waals surface area contributed by atoms with Crippen LogP contribution in [0.2, 0.25) is 0 Å². The van der Waals surface area contributed by atoms with E-state index in [0.717, 1.165) is 23.3 Å². The molecule has 1 aliphatic carbocycles. The standard InChI is InChI=1S/C27H26F6N2O3S2.ClH/c1-18-6-8-19(9-7-18)16-22-17-34(40(37,38)24-5-3-2-4-23(24)39)14-15-35(22)21-12-10-20(11-13-21)25(36,26(28,29)30)27(31,32)33;/h2-3,5-13,22,36H,4,14-17H2,1H3;1H/t22-;/m1./s1. The molecule has 4 rings (SSSR count). The number of aryl methyl sites for hydroxylation is 1. The summed E-state index contributed by atoms with van der Waals surface area (Å²) in [6.45, 7) is 2.06. The number of aliphatic hydroxyl groups is 1. The van der Waals surface area contributed by atoms with Crippen LogP contribution in [0.25, 0.3) is 0 Å². The largest absolute Gasteiger partial charge is 0.430 e. The lowest BCUT2D eigenvalue weighted by molar-refractivity contribution is -0.376. The van der Waals surface area contributed by atoms with E-state index in [9.17, 15) is 39.9 Å². The number of halogens is 7. The van der Waals surface area contributed by atoms with E-state index in [-0.39, 0.29) is 41.8 Å². The minimum Gasteiger partial charge on any atom is -0.369 e. The summed E-state index contributed by atoms with van der Waals surface area (Å²) in [6, 6.07) is 10.4. The maximum atomic E-state index is 13.5. The van der Waals surface area contributed by atoms with Crippen molar-refractivity contribution >= 4 is 45.2 Å². The maximum Gasteiger partial charge on any atom is 0.430 e. The Hall–Kier alpha value is -2.45. The van der Waals surface area contributed by atoms with E-state index in [1.54, 1.807) is 17.1 Å². The average molecular weight is 641 g/mol. The first-order valence-corrected chi connectivity index (χ1v) is 14.1. The second kappa shape index (κ2) is 12.0. The molecule has 5 nitrogen and oxygen atoms in total. The lowest BCUT2D eigenvalue weighted by Crippen LogP contribution is -2.56. The molecule has 2 aromatic rings. The molecule has 0 aromatic heterocycles. The van der Waals surface area contributed by atoms with E-state index in [0.29, 0.717) is 30.7 Å². The topological polar surface area (TPSA) is 60.9 Å². The highest BCUT2D eigenvalue weighted by atomic mass is 35.5. The second-order valence-corrected chi connectivity index (χ2v) is 12.1. The third-order valence-corrected chi connectivity index (χ3v) is 9.52. The van der Waals surface area contributed by atoms with Gasteiger partial charge in [0.25, 0.3) is 5.60 Å². The Kier molecular flexibility index (Phi) is 9.71. The molecule has 1 N–H and O–H groups in total. The number of sulfonamides is 1. The number of rotatable bonds is 6. The van der Waals surface area contributed by atoms with Crippen molar-refractivity contribution in [3.8, 4) is 0 Å². The highest BCUT2D eigenvalue weighted by Gasteiger charge is 2.71. The zero-order valence-electron chi connectivity index (χ0n) is 21.6. The Balaban J connectivity index is 0.00000462. The molecule has 0 amide bonds. The van der Waals surface area contributed by atoms with Gasteiger partial charge in [-0.15, -0.1) is 12.4 Å². The smallest absolute Gasteiger partial charge is 0.369 e. The number of benzene rings is 2. The van der Waals surface area contributed by atoms with Crippen molar-refractivity contribution < 1.29 is 39.9 Å². The van der Waals surface area contributed by atoms with Crippen LogP contribution in [0.5, 0.6) is 0 Å². The van der Waals surface area contributed by atoms with Crippen molar-refractivity contribution in [1.82, 2.24) is 4.31 Å². The Bertz CT molecular complexity index is 1410. The molecular formula is C27H27ClF6N2O3S2. The van der Waals surface area contributed by atoms with Crippen molar-refractivity contribution in [2.45, 2.75) is 43.8 Å². The first-order chi connectivity index (χ1) is 18.6. The highest BCUT2D eigenvalue weighted by Crippen LogP contribution is 2.50. The fourth-order valence-electron chi connectivity index (χ4n) is 4.83. The van der Waals surface area contributed by atoms with Gasteiger partial charge in [0, 0.05) is 48.2 Å². The summed E-state index contributed by atoms with van der Waals surface area (Å²) in [5.74, 6) is 0. The molecule has 0 unspecified atom stereocenters. The molecule has 1 heterocycles. The van der Waals surface area contributed by atoms with Gasteiger partial charge in [-0.2, -0.15) is 30.6 Å². The van der Waals surface area contributed by atoms with Crippen LogP contribution in [0, 0.1) is 6.92 Å². The van der Waals surface area contributed by atoms with E-state index < -0.39 is 39.6 Å². The van der Waals surface area contributed by atoms with Gasteiger partial charge in [-0.3, -0.25) is 0 Å². The van der Waals surface area contributed by atoms with Gasteiger partial charge in [0.05, 0.1) is 4.91 Å². The van der Waals surface area contributed by atoms with Gasteiger partial charge >= 0.3 is 12.4 Å². The van der Waals surface area contributed by atoms with Crippen LogP contribution in [0.1, 0.15) is 23.1 Å². The fourth-order valence-corrected chi connectivity index (χ4v) is 6.90. The minimum absolute atomic E-state index is 0. The third-order valence-electron chi connectivity index (χ3n) is 7.05. The first kappa shape index (κ1) is 33.1. The van der Waals surface area contributed by atoms with Gasteiger partial charge in [-0.1, -0.05) is 66.3 Å². The van der Waals surface area contributed by atoms with E-state index >= 15 is 0 Å². The predicted octanol–water partition coefficient (Wildman–Crippen LogP) is 6.01. The minimum atomic E-state index is -6.00. The van der Waals surface area contributed by atoms with Gasteiger partial charge in [0.15, 0.2) is 0 Å². The molecule has 1 aliphatic heterocycles. The van der Waals surface area contributed by atoms with Crippen LogP contribution < -0.4 is 4.90 Å². The number of alkyl halides is 6.